The van der Waals surface area contributed by atoms with Crippen molar-refractivity contribution in [2.24, 2.45) is 0 Å². The van der Waals surface area contributed by atoms with Gasteiger partial charge < -0.3 is 20.5 Å². The van der Waals surface area contributed by atoms with Crippen LogP contribution in [0.1, 0.15) is 34.6 Å². The monoisotopic (exact) mass is 519 g/mol. The van der Waals surface area contributed by atoms with E-state index in [1.54, 1.807) is 44.2 Å². The molecule has 9 nitrogen and oxygen atoms in total. The fraction of sp³-hybridized carbons (Fsp3) is 0.111. The number of phenols is 1. The number of rotatable bonds is 7. The second-order valence-corrected chi connectivity index (χ2v) is 8.72. The molecule has 3 N–H and O–H groups in total. The minimum Gasteiger partial charge on any atom is -0.508 e. The lowest BCUT2D eigenvalue weighted by Crippen LogP contribution is -2.32. The van der Waals surface area contributed by atoms with Gasteiger partial charge in [0.2, 0.25) is 0 Å². The summed E-state index contributed by atoms with van der Waals surface area (Å²) in [5.74, 6) is -2.38. The summed E-state index contributed by atoms with van der Waals surface area (Å²) >= 11 is 6.21. The molecule has 0 radical (unpaired) electrons. The number of imide groups is 1. The number of hydrogen-bond donors (Lipinski definition) is 3. The first-order chi connectivity index (χ1) is 17.6. The van der Waals surface area contributed by atoms with Gasteiger partial charge in [0.15, 0.2) is 0 Å². The van der Waals surface area contributed by atoms with Crippen LogP contribution in [0.2, 0.25) is 0 Å². The molecule has 3 aromatic rings. The third-order valence-corrected chi connectivity index (χ3v) is 5.58. The molecule has 1 aliphatic heterocycles. The first-order valence-electron chi connectivity index (χ1n) is 11.2. The fourth-order valence-corrected chi connectivity index (χ4v) is 3.76. The smallest absolute Gasteiger partial charge is 0.338 e. The molecule has 0 fully saturated rings. The van der Waals surface area contributed by atoms with Crippen LogP contribution in [0.3, 0.4) is 0 Å². The number of nitrogens with zero attached hydrogens (tertiary/aromatic N) is 1. The molecule has 1 aliphatic rings. The highest BCUT2D eigenvalue weighted by molar-refractivity contribution is 6.53. The van der Waals surface area contributed by atoms with E-state index < -0.39 is 23.7 Å². The van der Waals surface area contributed by atoms with Crippen LogP contribution in [0.25, 0.3) is 0 Å². The Morgan fingerprint density at radius 3 is 2.24 bits per heavy atom. The highest BCUT2D eigenvalue weighted by atomic mass is 35.5. The van der Waals surface area contributed by atoms with Crippen LogP contribution in [-0.4, -0.2) is 34.9 Å². The van der Waals surface area contributed by atoms with Gasteiger partial charge >= 0.3 is 5.97 Å². The molecule has 0 atom stereocenters. The van der Waals surface area contributed by atoms with E-state index in [9.17, 15) is 24.3 Å². The van der Waals surface area contributed by atoms with Gasteiger partial charge in [-0.3, -0.25) is 14.4 Å². The number of carbonyl (C=O) groups is 4. The lowest BCUT2D eigenvalue weighted by atomic mass is 10.1. The number of halogens is 1. The van der Waals surface area contributed by atoms with Gasteiger partial charge in [0.05, 0.1) is 17.4 Å². The minimum atomic E-state index is -0.732. The van der Waals surface area contributed by atoms with E-state index in [0.29, 0.717) is 11.4 Å². The Kier molecular flexibility index (Phi) is 7.26. The van der Waals surface area contributed by atoms with Crippen molar-refractivity contribution in [3.63, 3.8) is 0 Å². The molecule has 37 heavy (non-hydrogen) atoms. The van der Waals surface area contributed by atoms with Crippen LogP contribution < -0.4 is 15.5 Å². The molecule has 3 aromatic carbocycles. The topological polar surface area (TPSA) is 125 Å². The third-order valence-electron chi connectivity index (χ3n) is 5.23. The predicted molar refractivity (Wildman–Crippen MR) is 138 cm³/mol. The number of nitrogens with one attached hydrogen (secondary N) is 2. The molecule has 0 spiro atoms. The molecule has 0 saturated heterocycles. The number of aromatic hydroxyl groups is 1. The molecule has 0 saturated carbocycles. The van der Waals surface area contributed by atoms with Gasteiger partial charge in [0.25, 0.3) is 17.7 Å². The summed E-state index contributed by atoms with van der Waals surface area (Å²) in [6.07, 6.45) is -0.290. The quantitative estimate of drug-likeness (QED) is 0.306. The second-order valence-electron chi connectivity index (χ2n) is 8.35. The fourth-order valence-electron chi connectivity index (χ4n) is 3.54. The van der Waals surface area contributed by atoms with Gasteiger partial charge in [-0.2, -0.15) is 0 Å². The zero-order valence-corrected chi connectivity index (χ0v) is 20.6. The number of carbonyl (C=O) groups excluding carboxylic acids is 4. The van der Waals surface area contributed by atoms with Crippen LogP contribution in [0, 0.1) is 0 Å². The first kappa shape index (κ1) is 25.5. The number of hydrogen-bond acceptors (Lipinski definition) is 7. The number of phenolic OH excluding ortho intramolecular Hbond substituents is 1. The van der Waals surface area contributed by atoms with Crippen molar-refractivity contribution in [2.75, 3.05) is 15.5 Å². The van der Waals surface area contributed by atoms with Crippen molar-refractivity contribution in [3.05, 3.63) is 94.7 Å². The Morgan fingerprint density at radius 2 is 1.57 bits per heavy atom. The minimum absolute atomic E-state index is 0.00824. The largest absolute Gasteiger partial charge is 0.508 e. The molecular formula is C27H22ClN3O6. The summed E-state index contributed by atoms with van der Waals surface area (Å²) in [5.41, 5.74) is 1.37. The maximum atomic E-state index is 13.1. The zero-order valence-electron chi connectivity index (χ0n) is 19.8. The maximum Gasteiger partial charge on any atom is 0.338 e. The Balaban J connectivity index is 1.50. The Morgan fingerprint density at radius 1 is 0.892 bits per heavy atom. The summed E-state index contributed by atoms with van der Waals surface area (Å²) in [5, 5.41) is 14.8. The highest BCUT2D eigenvalue weighted by Crippen LogP contribution is 2.30. The summed E-state index contributed by atoms with van der Waals surface area (Å²) in [6.45, 7) is 3.46. The lowest BCUT2D eigenvalue weighted by Gasteiger charge is -2.16. The molecular weight excluding hydrogens is 498 g/mol. The average Bonchev–Trinajstić information content (AvgIpc) is 3.07. The molecule has 1 heterocycles. The summed E-state index contributed by atoms with van der Waals surface area (Å²) in [4.78, 5) is 51.5. The Labute approximate surface area is 217 Å². The second kappa shape index (κ2) is 10.5. The maximum absolute atomic E-state index is 13.1. The SMILES string of the molecule is CC(C)OC(=O)c1ccc(N2C(=O)C(Cl)=C(Nc3cccc(C(=O)Nc4cccc(O)c4)c3)C2=O)cc1. The number of esters is 1. The molecule has 0 aliphatic carbocycles. The Bertz CT molecular complexity index is 1430. The third kappa shape index (κ3) is 5.62. The van der Waals surface area contributed by atoms with Crippen LogP contribution in [-0.2, 0) is 14.3 Å². The van der Waals surface area contributed by atoms with Gasteiger partial charge in [0.1, 0.15) is 16.5 Å². The molecule has 188 valence electrons. The summed E-state index contributed by atoms with van der Waals surface area (Å²) < 4.78 is 5.14. The predicted octanol–water partition coefficient (Wildman–Crippen LogP) is 4.65. The van der Waals surface area contributed by atoms with Crippen molar-refractivity contribution in [1.82, 2.24) is 0 Å². The van der Waals surface area contributed by atoms with E-state index in [4.69, 9.17) is 16.3 Å². The molecule has 0 aromatic heterocycles. The van der Waals surface area contributed by atoms with Crippen LogP contribution in [0.5, 0.6) is 5.75 Å². The number of benzene rings is 3. The molecule has 3 amide bonds. The molecule has 0 bridgehead atoms. The van der Waals surface area contributed by atoms with Crippen molar-refractivity contribution in [2.45, 2.75) is 20.0 Å². The molecule has 4 rings (SSSR count). The van der Waals surface area contributed by atoms with Crippen molar-refractivity contribution in [3.8, 4) is 5.75 Å². The van der Waals surface area contributed by atoms with Gasteiger partial charge in [-0.25, -0.2) is 9.69 Å². The standard InChI is InChI=1S/C27H22ClN3O6/c1-15(2)37-27(36)16-9-11-20(12-10-16)31-25(34)22(28)23(26(31)35)29-18-6-3-5-17(13-18)24(33)30-19-7-4-8-21(32)14-19/h3-15,29,32H,1-2H3,(H,30,33). The number of anilines is 3. The van der Waals surface area contributed by atoms with E-state index in [0.717, 1.165) is 4.90 Å². The van der Waals surface area contributed by atoms with Crippen molar-refractivity contribution >= 4 is 52.4 Å². The average molecular weight is 520 g/mol. The van der Waals surface area contributed by atoms with E-state index in [1.807, 2.05) is 0 Å². The number of amides is 3. The first-order valence-corrected chi connectivity index (χ1v) is 11.6. The summed E-state index contributed by atoms with van der Waals surface area (Å²) in [7, 11) is 0. The molecule has 0 unspecified atom stereocenters. The number of ether oxygens (including phenoxy) is 1. The molecule has 10 heteroatoms. The van der Waals surface area contributed by atoms with Crippen LogP contribution in [0.15, 0.2) is 83.5 Å². The van der Waals surface area contributed by atoms with Gasteiger partial charge in [-0.15, -0.1) is 0 Å². The van der Waals surface area contributed by atoms with Crippen LogP contribution >= 0.6 is 11.6 Å². The van der Waals surface area contributed by atoms with Gasteiger partial charge in [0, 0.05) is 23.0 Å². The van der Waals surface area contributed by atoms with Crippen molar-refractivity contribution < 1.29 is 29.0 Å². The van der Waals surface area contributed by atoms with Gasteiger partial charge in [-0.05, 0) is 68.4 Å². The highest BCUT2D eigenvalue weighted by Gasteiger charge is 2.39. The van der Waals surface area contributed by atoms with E-state index in [-0.39, 0.29) is 39.4 Å². The lowest BCUT2D eigenvalue weighted by molar-refractivity contribution is -0.120. The zero-order chi connectivity index (χ0) is 26.7. The van der Waals surface area contributed by atoms with Crippen molar-refractivity contribution in [1.29, 1.82) is 0 Å². The summed E-state index contributed by atoms with van der Waals surface area (Å²) in [6, 6.07) is 18.2. The Hall–Kier alpha value is -4.63. The van der Waals surface area contributed by atoms with E-state index in [1.165, 1.54) is 42.5 Å². The van der Waals surface area contributed by atoms with E-state index in [2.05, 4.69) is 10.6 Å². The van der Waals surface area contributed by atoms with E-state index >= 15 is 0 Å². The van der Waals surface area contributed by atoms with Gasteiger partial charge in [-0.1, -0.05) is 23.7 Å². The normalized spacial score (nSPS) is 13.2. The van der Waals surface area contributed by atoms with Crippen LogP contribution in [0.4, 0.5) is 17.1 Å².